The molecule has 21 heavy (non-hydrogen) atoms. The summed E-state index contributed by atoms with van der Waals surface area (Å²) in [6.45, 7) is 0. The van der Waals surface area contributed by atoms with Gasteiger partial charge in [-0.2, -0.15) is 0 Å². The molecular formula is C14H11ClFNO4. The molecule has 7 heteroatoms. The summed E-state index contributed by atoms with van der Waals surface area (Å²) in [7, 11) is 0. The molecule has 2 N–H and O–H groups in total. The van der Waals surface area contributed by atoms with Crippen LogP contribution in [0.2, 0.25) is 5.02 Å². The summed E-state index contributed by atoms with van der Waals surface area (Å²) in [4.78, 5) is 23.6. The van der Waals surface area contributed by atoms with Crippen molar-refractivity contribution in [1.82, 2.24) is 0 Å². The highest BCUT2D eigenvalue weighted by molar-refractivity contribution is 6.30. The van der Waals surface area contributed by atoms with Crippen LogP contribution in [0.1, 0.15) is 0 Å². The molecule has 0 aromatic heterocycles. The van der Waals surface area contributed by atoms with Crippen LogP contribution in [0.25, 0.3) is 0 Å². The largest absolute Gasteiger partial charge is 0.481 e. The molecule has 1 aromatic carbocycles. The highest BCUT2D eigenvalue weighted by atomic mass is 35.5. The highest BCUT2D eigenvalue weighted by Gasteiger charge is 2.53. The molecule has 2 aliphatic heterocycles. The molecule has 1 fully saturated rings. The lowest BCUT2D eigenvalue weighted by molar-refractivity contribution is -0.145. The number of nitrogens with one attached hydrogen (secondary N) is 1. The number of carbonyl (C=O) groups excluding carboxylic acids is 1. The average Bonchev–Trinajstić information content (AvgIpc) is 3.02. The monoisotopic (exact) mass is 311 g/mol. The third kappa shape index (κ3) is 2.41. The molecule has 0 saturated carbocycles. The van der Waals surface area contributed by atoms with E-state index in [9.17, 15) is 19.1 Å². The maximum absolute atomic E-state index is 13.7. The number of carbonyl (C=O) groups is 2. The smallest absolute Gasteiger partial charge is 0.310 e. The average molecular weight is 312 g/mol. The maximum Gasteiger partial charge on any atom is 0.310 e. The first-order chi connectivity index (χ1) is 9.97. The molecule has 5 nitrogen and oxygen atoms in total. The Morgan fingerprint density at radius 3 is 2.52 bits per heavy atom. The minimum atomic E-state index is -1.11. The van der Waals surface area contributed by atoms with E-state index >= 15 is 0 Å². The number of aliphatic carboxylic acids is 1. The van der Waals surface area contributed by atoms with Crippen molar-refractivity contribution in [3.8, 4) is 0 Å². The first-order valence-corrected chi connectivity index (χ1v) is 6.67. The molecular weight excluding hydrogens is 301 g/mol. The SMILES string of the molecule is O=C(O)[C@@H]1[C@@H](C(=O)Nc2ccc(Cl)cc2F)[C@H]2C=C[C@@H]1O2. The summed E-state index contributed by atoms with van der Waals surface area (Å²) >= 11 is 5.64. The lowest BCUT2D eigenvalue weighted by Crippen LogP contribution is -2.39. The lowest BCUT2D eigenvalue weighted by atomic mass is 9.82. The molecule has 3 rings (SSSR count). The fraction of sp³-hybridized carbons (Fsp3) is 0.286. The van der Waals surface area contributed by atoms with Gasteiger partial charge in [-0.25, -0.2) is 4.39 Å². The van der Waals surface area contributed by atoms with Crippen molar-refractivity contribution in [3.05, 3.63) is 41.2 Å². The van der Waals surface area contributed by atoms with Gasteiger partial charge >= 0.3 is 5.97 Å². The predicted molar refractivity (Wildman–Crippen MR) is 72.5 cm³/mol. The Labute approximate surface area is 124 Å². The Kier molecular flexibility index (Phi) is 3.43. The quantitative estimate of drug-likeness (QED) is 0.838. The Bertz CT molecular complexity index is 648. The summed E-state index contributed by atoms with van der Waals surface area (Å²) in [6, 6.07) is 3.84. The zero-order chi connectivity index (χ0) is 15.1. The number of fused-ring (bicyclic) bond motifs is 2. The van der Waals surface area contributed by atoms with Crippen LogP contribution < -0.4 is 5.32 Å². The zero-order valence-corrected chi connectivity index (χ0v) is 11.4. The Hall–Kier alpha value is -1.92. The number of halogens is 2. The van der Waals surface area contributed by atoms with Gasteiger partial charge in [0.2, 0.25) is 5.91 Å². The van der Waals surface area contributed by atoms with Gasteiger partial charge in [-0.1, -0.05) is 23.8 Å². The van der Waals surface area contributed by atoms with Gasteiger partial charge in [-0.15, -0.1) is 0 Å². The van der Waals surface area contributed by atoms with Crippen molar-refractivity contribution >= 4 is 29.2 Å². The predicted octanol–water partition coefficient (Wildman–Crippen LogP) is 2.07. The minimum Gasteiger partial charge on any atom is -0.481 e. The van der Waals surface area contributed by atoms with Gasteiger partial charge in [-0.05, 0) is 18.2 Å². The van der Waals surface area contributed by atoms with Crippen LogP contribution in [0.4, 0.5) is 10.1 Å². The Morgan fingerprint density at radius 1 is 1.24 bits per heavy atom. The van der Waals surface area contributed by atoms with E-state index in [4.69, 9.17) is 16.3 Å². The molecule has 1 saturated heterocycles. The fourth-order valence-electron chi connectivity index (χ4n) is 2.72. The highest BCUT2D eigenvalue weighted by Crippen LogP contribution is 2.40. The second-order valence-corrected chi connectivity index (χ2v) is 5.39. The van der Waals surface area contributed by atoms with E-state index in [1.54, 1.807) is 12.2 Å². The summed E-state index contributed by atoms with van der Waals surface area (Å²) in [5, 5.41) is 11.8. The summed E-state index contributed by atoms with van der Waals surface area (Å²) in [5.41, 5.74) is -0.0414. The lowest BCUT2D eigenvalue weighted by Gasteiger charge is -2.21. The third-order valence-electron chi connectivity index (χ3n) is 3.68. The van der Waals surface area contributed by atoms with Gasteiger partial charge in [0.25, 0.3) is 0 Å². The van der Waals surface area contributed by atoms with Gasteiger partial charge in [0.1, 0.15) is 11.7 Å². The van der Waals surface area contributed by atoms with Crippen LogP contribution in [-0.4, -0.2) is 29.2 Å². The topological polar surface area (TPSA) is 75.6 Å². The van der Waals surface area contributed by atoms with Crippen molar-refractivity contribution in [3.63, 3.8) is 0 Å². The number of carboxylic acids is 1. The van der Waals surface area contributed by atoms with E-state index in [1.165, 1.54) is 12.1 Å². The van der Waals surface area contributed by atoms with Gasteiger partial charge in [-0.3, -0.25) is 9.59 Å². The molecule has 2 aliphatic rings. The van der Waals surface area contributed by atoms with E-state index in [1.807, 2.05) is 0 Å². The van der Waals surface area contributed by atoms with Gasteiger partial charge in [0.15, 0.2) is 0 Å². The number of hydrogen-bond donors (Lipinski definition) is 2. The van der Waals surface area contributed by atoms with Crippen molar-refractivity contribution in [2.24, 2.45) is 11.8 Å². The number of anilines is 1. The first kappa shape index (κ1) is 14.0. The van der Waals surface area contributed by atoms with Crippen molar-refractivity contribution in [1.29, 1.82) is 0 Å². The van der Waals surface area contributed by atoms with Crippen molar-refractivity contribution < 1.29 is 23.8 Å². The molecule has 2 bridgehead atoms. The maximum atomic E-state index is 13.7. The Morgan fingerprint density at radius 2 is 1.90 bits per heavy atom. The number of carboxylic acid groups (broad SMARTS) is 1. The number of benzene rings is 1. The standard InChI is InChI=1S/C14H11ClFNO4/c15-6-1-2-8(7(16)5-6)17-13(18)11-9-3-4-10(21-9)12(11)14(19)20/h1-5,9-12H,(H,17,18)(H,19,20)/t9-,10+,11+,12+/m1/s1. The molecule has 2 heterocycles. The number of hydrogen-bond acceptors (Lipinski definition) is 3. The number of amides is 1. The van der Waals surface area contributed by atoms with Crippen LogP contribution in [0.3, 0.4) is 0 Å². The van der Waals surface area contributed by atoms with Gasteiger partial charge in [0, 0.05) is 5.02 Å². The summed E-state index contributed by atoms with van der Waals surface area (Å²) < 4.78 is 19.1. The van der Waals surface area contributed by atoms with E-state index in [0.717, 1.165) is 6.07 Å². The zero-order valence-electron chi connectivity index (χ0n) is 10.6. The summed E-state index contributed by atoms with van der Waals surface area (Å²) in [5.74, 6) is -4.21. The second kappa shape index (κ2) is 5.13. The second-order valence-electron chi connectivity index (χ2n) is 4.95. The molecule has 1 amide bonds. The first-order valence-electron chi connectivity index (χ1n) is 6.30. The molecule has 0 radical (unpaired) electrons. The molecule has 0 spiro atoms. The van der Waals surface area contributed by atoms with E-state index in [2.05, 4.69) is 5.32 Å². The number of ether oxygens (including phenoxy) is 1. The van der Waals surface area contributed by atoms with Crippen LogP contribution in [0.15, 0.2) is 30.4 Å². The van der Waals surface area contributed by atoms with Gasteiger partial charge in [0.05, 0.1) is 23.8 Å². The van der Waals surface area contributed by atoms with Crippen molar-refractivity contribution in [2.45, 2.75) is 12.2 Å². The van der Waals surface area contributed by atoms with Crippen LogP contribution in [-0.2, 0) is 14.3 Å². The van der Waals surface area contributed by atoms with Crippen LogP contribution in [0.5, 0.6) is 0 Å². The molecule has 0 unspecified atom stereocenters. The van der Waals surface area contributed by atoms with Crippen molar-refractivity contribution in [2.75, 3.05) is 5.32 Å². The number of rotatable bonds is 3. The van der Waals surface area contributed by atoms with Crippen LogP contribution in [0, 0.1) is 17.7 Å². The molecule has 4 atom stereocenters. The normalized spacial score (nSPS) is 29.6. The fourth-order valence-corrected chi connectivity index (χ4v) is 2.88. The molecule has 110 valence electrons. The van der Waals surface area contributed by atoms with Gasteiger partial charge < -0.3 is 15.2 Å². The van der Waals surface area contributed by atoms with E-state index in [0.29, 0.717) is 0 Å². The van der Waals surface area contributed by atoms with E-state index in [-0.39, 0.29) is 10.7 Å². The Balaban J connectivity index is 1.82. The third-order valence-corrected chi connectivity index (χ3v) is 3.91. The van der Waals surface area contributed by atoms with Crippen LogP contribution >= 0.6 is 11.6 Å². The molecule has 1 aromatic rings. The van der Waals surface area contributed by atoms with E-state index < -0.39 is 41.7 Å². The summed E-state index contributed by atoms with van der Waals surface area (Å²) in [6.07, 6.45) is 2.09. The molecule has 0 aliphatic carbocycles. The minimum absolute atomic E-state index is 0.0414.